The molecule has 1 amide bonds. The molecule has 0 unspecified atom stereocenters. The summed E-state index contributed by atoms with van der Waals surface area (Å²) < 4.78 is 10.9. The lowest BCUT2D eigenvalue weighted by molar-refractivity contribution is -0.111. The topological polar surface area (TPSA) is 73.6 Å². The number of rotatable bonds is 7. The summed E-state index contributed by atoms with van der Waals surface area (Å²) in [5, 5.41) is 2.81. The Bertz CT molecular complexity index is 726. The molecule has 0 saturated heterocycles. The van der Waals surface area contributed by atoms with E-state index in [1.807, 2.05) is 38.1 Å². The number of nitrogen functional groups attached to an aromatic ring is 1. The molecule has 0 aliphatic carbocycles. The molecule has 0 aromatic heterocycles. The number of hydrogen-bond acceptors (Lipinski definition) is 4. The molecule has 0 radical (unpaired) electrons. The number of carbonyl (C=O) groups excluding carboxylic acids is 1. The Balaban J connectivity index is 2.04. The number of carbonyl (C=O) groups is 1. The first-order chi connectivity index (χ1) is 11.6. The highest BCUT2D eigenvalue weighted by Crippen LogP contribution is 2.24. The van der Waals surface area contributed by atoms with Crippen LogP contribution in [0.3, 0.4) is 0 Å². The smallest absolute Gasteiger partial charge is 0.248 e. The lowest BCUT2D eigenvalue weighted by Gasteiger charge is -2.10. The van der Waals surface area contributed by atoms with Crippen LogP contribution >= 0.6 is 0 Å². The van der Waals surface area contributed by atoms with Crippen LogP contribution in [-0.2, 0) is 4.79 Å². The second-order valence-corrected chi connectivity index (χ2v) is 4.98. The van der Waals surface area contributed by atoms with Gasteiger partial charge in [0.05, 0.1) is 24.6 Å². The molecule has 2 aromatic rings. The first-order valence-electron chi connectivity index (χ1n) is 7.87. The molecule has 5 nitrogen and oxygen atoms in total. The zero-order valence-electron chi connectivity index (χ0n) is 13.9. The van der Waals surface area contributed by atoms with Crippen molar-refractivity contribution >= 4 is 23.4 Å². The van der Waals surface area contributed by atoms with E-state index in [4.69, 9.17) is 15.2 Å². The molecule has 0 bridgehead atoms. The van der Waals surface area contributed by atoms with E-state index in [0.29, 0.717) is 36.1 Å². The van der Waals surface area contributed by atoms with Crippen LogP contribution in [0.4, 0.5) is 11.4 Å². The van der Waals surface area contributed by atoms with Gasteiger partial charge in [-0.15, -0.1) is 0 Å². The molecule has 0 heterocycles. The SMILES string of the molecule is CCOc1ccc(/C=C\C(=O)Nc2ccccc2OCC)cc1N. The number of ether oxygens (including phenoxy) is 2. The summed E-state index contributed by atoms with van der Waals surface area (Å²) in [6.07, 6.45) is 3.16. The van der Waals surface area contributed by atoms with Crippen LogP contribution in [0.25, 0.3) is 6.08 Å². The third kappa shape index (κ3) is 4.78. The van der Waals surface area contributed by atoms with E-state index < -0.39 is 0 Å². The normalized spacial score (nSPS) is 10.6. The van der Waals surface area contributed by atoms with Crippen LogP contribution < -0.4 is 20.5 Å². The predicted molar refractivity (Wildman–Crippen MR) is 97.3 cm³/mol. The average molecular weight is 326 g/mol. The van der Waals surface area contributed by atoms with Gasteiger partial charge in [0.15, 0.2) is 0 Å². The summed E-state index contributed by atoms with van der Waals surface area (Å²) in [6.45, 7) is 4.89. The van der Waals surface area contributed by atoms with Gasteiger partial charge in [-0.1, -0.05) is 18.2 Å². The zero-order valence-corrected chi connectivity index (χ0v) is 13.9. The van der Waals surface area contributed by atoms with Crippen LogP contribution in [0.1, 0.15) is 19.4 Å². The fraction of sp³-hybridized carbons (Fsp3) is 0.211. The van der Waals surface area contributed by atoms with Crippen LogP contribution in [0.2, 0.25) is 0 Å². The number of anilines is 2. The Kier molecular flexibility index (Phi) is 6.25. The van der Waals surface area contributed by atoms with Gasteiger partial charge >= 0.3 is 0 Å². The van der Waals surface area contributed by atoms with E-state index >= 15 is 0 Å². The predicted octanol–water partition coefficient (Wildman–Crippen LogP) is 3.72. The Morgan fingerprint density at radius 2 is 1.79 bits per heavy atom. The summed E-state index contributed by atoms with van der Waals surface area (Å²) in [5.41, 5.74) is 7.92. The van der Waals surface area contributed by atoms with Crippen LogP contribution in [-0.4, -0.2) is 19.1 Å². The van der Waals surface area contributed by atoms with Crippen LogP contribution in [0.5, 0.6) is 11.5 Å². The number of hydrogen-bond donors (Lipinski definition) is 2. The minimum Gasteiger partial charge on any atom is -0.492 e. The van der Waals surface area contributed by atoms with Crippen molar-refractivity contribution in [3.05, 3.63) is 54.1 Å². The van der Waals surface area contributed by atoms with Gasteiger partial charge in [-0.25, -0.2) is 0 Å². The van der Waals surface area contributed by atoms with E-state index in [9.17, 15) is 4.79 Å². The van der Waals surface area contributed by atoms with E-state index in [2.05, 4.69) is 5.32 Å². The maximum absolute atomic E-state index is 12.1. The second kappa shape index (κ2) is 8.62. The molecule has 0 atom stereocenters. The summed E-state index contributed by atoms with van der Waals surface area (Å²) in [5.74, 6) is 1.05. The zero-order chi connectivity index (χ0) is 17.4. The van der Waals surface area contributed by atoms with Crippen molar-refractivity contribution in [2.24, 2.45) is 0 Å². The Hall–Kier alpha value is -2.95. The van der Waals surface area contributed by atoms with Gasteiger partial charge < -0.3 is 20.5 Å². The molecule has 2 rings (SSSR count). The molecule has 126 valence electrons. The molecular weight excluding hydrogens is 304 g/mol. The third-order valence-corrected chi connectivity index (χ3v) is 3.21. The molecule has 0 aliphatic heterocycles. The average Bonchev–Trinajstić information content (AvgIpc) is 2.57. The summed E-state index contributed by atoms with van der Waals surface area (Å²) in [6, 6.07) is 12.7. The minimum atomic E-state index is -0.241. The highest BCUT2D eigenvalue weighted by Gasteiger charge is 2.05. The first-order valence-corrected chi connectivity index (χ1v) is 7.87. The largest absolute Gasteiger partial charge is 0.492 e. The Labute approximate surface area is 142 Å². The molecule has 3 N–H and O–H groups in total. The maximum atomic E-state index is 12.1. The Morgan fingerprint density at radius 1 is 1.08 bits per heavy atom. The lowest BCUT2D eigenvalue weighted by Crippen LogP contribution is -2.09. The summed E-state index contributed by atoms with van der Waals surface area (Å²) in [4.78, 5) is 12.1. The molecule has 0 spiro atoms. The van der Waals surface area contributed by atoms with E-state index in [1.54, 1.807) is 24.3 Å². The standard InChI is InChI=1S/C19H22N2O3/c1-3-23-17-11-9-14(13-15(17)20)10-12-19(22)21-16-7-5-6-8-18(16)24-4-2/h5-13H,3-4,20H2,1-2H3,(H,21,22)/b12-10-. The van der Waals surface area contributed by atoms with Gasteiger partial charge in [-0.05, 0) is 49.8 Å². The number of benzene rings is 2. The van der Waals surface area contributed by atoms with Crippen molar-refractivity contribution < 1.29 is 14.3 Å². The van der Waals surface area contributed by atoms with Crippen molar-refractivity contribution in [1.29, 1.82) is 0 Å². The number of para-hydroxylation sites is 2. The highest BCUT2D eigenvalue weighted by molar-refractivity contribution is 6.02. The van der Waals surface area contributed by atoms with Crippen molar-refractivity contribution in [3.63, 3.8) is 0 Å². The molecule has 0 saturated carbocycles. The van der Waals surface area contributed by atoms with Gasteiger partial charge in [0.1, 0.15) is 11.5 Å². The molecule has 24 heavy (non-hydrogen) atoms. The number of nitrogens with one attached hydrogen (secondary N) is 1. The number of nitrogens with two attached hydrogens (primary N) is 1. The van der Waals surface area contributed by atoms with Crippen molar-refractivity contribution in [1.82, 2.24) is 0 Å². The van der Waals surface area contributed by atoms with Crippen molar-refractivity contribution in [2.45, 2.75) is 13.8 Å². The lowest BCUT2D eigenvalue weighted by atomic mass is 10.1. The molecule has 0 fully saturated rings. The van der Waals surface area contributed by atoms with Gasteiger partial charge in [-0.3, -0.25) is 4.79 Å². The van der Waals surface area contributed by atoms with E-state index in [0.717, 1.165) is 5.56 Å². The molecular formula is C19H22N2O3. The fourth-order valence-corrected chi connectivity index (χ4v) is 2.16. The van der Waals surface area contributed by atoms with E-state index in [-0.39, 0.29) is 5.91 Å². The van der Waals surface area contributed by atoms with Gasteiger partial charge in [0, 0.05) is 6.08 Å². The van der Waals surface area contributed by atoms with Crippen molar-refractivity contribution in [3.8, 4) is 11.5 Å². The quantitative estimate of drug-likeness (QED) is 0.601. The Morgan fingerprint density at radius 3 is 2.50 bits per heavy atom. The van der Waals surface area contributed by atoms with Gasteiger partial charge in [-0.2, -0.15) is 0 Å². The summed E-state index contributed by atoms with van der Waals surface area (Å²) in [7, 11) is 0. The molecule has 0 aliphatic rings. The van der Waals surface area contributed by atoms with Crippen molar-refractivity contribution in [2.75, 3.05) is 24.3 Å². The minimum absolute atomic E-state index is 0.241. The third-order valence-electron chi connectivity index (χ3n) is 3.21. The maximum Gasteiger partial charge on any atom is 0.248 e. The summed E-state index contributed by atoms with van der Waals surface area (Å²) >= 11 is 0. The molecule has 5 heteroatoms. The van der Waals surface area contributed by atoms with Gasteiger partial charge in [0.25, 0.3) is 0 Å². The van der Waals surface area contributed by atoms with Crippen LogP contribution in [0, 0.1) is 0 Å². The number of amides is 1. The highest BCUT2D eigenvalue weighted by atomic mass is 16.5. The second-order valence-electron chi connectivity index (χ2n) is 4.98. The first kappa shape index (κ1) is 17.4. The van der Waals surface area contributed by atoms with E-state index in [1.165, 1.54) is 6.08 Å². The van der Waals surface area contributed by atoms with Gasteiger partial charge in [0.2, 0.25) is 5.91 Å². The van der Waals surface area contributed by atoms with Crippen LogP contribution in [0.15, 0.2) is 48.5 Å². The fourth-order valence-electron chi connectivity index (χ4n) is 2.16. The monoisotopic (exact) mass is 326 g/mol. The molecule has 2 aromatic carbocycles.